The number of aromatic nitrogens is 3. The van der Waals surface area contributed by atoms with Gasteiger partial charge < -0.3 is 15.5 Å². The second-order valence-electron chi connectivity index (χ2n) is 7.21. The summed E-state index contributed by atoms with van der Waals surface area (Å²) in [6.45, 7) is 4.34. The van der Waals surface area contributed by atoms with Crippen LogP contribution in [0.15, 0.2) is 34.1 Å². The van der Waals surface area contributed by atoms with Gasteiger partial charge in [-0.2, -0.15) is 0 Å². The Morgan fingerprint density at radius 2 is 2.03 bits per heavy atom. The molecule has 0 radical (unpaired) electrons. The predicted molar refractivity (Wildman–Crippen MR) is 126 cm³/mol. The highest BCUT2D eigenvalue weighted by Crippen LogP contribution is 2.29. The number of thiazole rings is 1. The molecular weight excluding hydrogens is 468 g/mol. The van der Waals surface area contributed by atoms with E-state index in [4.69, 9.17) is 0 Å². The number of carbonyl (C=O) groups is 3. The number of carbonyl (C=O) groups excluding carboxylic acids is 3. The normalized spacial score (nSPS) is 15.8. The smallest absolute Gasteiger partial charge is 0.236 e. The van der Waals surface area contributed by atoms with Crippen molar-refractivity contribution in [2.75, 3.05) is 27.8 Å². The third-order valence-electron chi connectivity index (χ3n) is 4.94. The summed E-state index contributed by atoms with van der Waals surface area (Å²) >= 11 is 3.76. The minimum Gasteiger partial charge on any atom is -0.312 e. The lowest BCUT2D eigenvalue weighted by Gasteiger charge is -2.17. The number of benzene rings is 1. The molecule has 3 heterocycles. The summed E-state index contributed by atoms with van der Waals surface area (Å²) in [5.41, 5.74) is 3.06. The van der Waals surface area contributed by atoms with Crippen LogP contribution >= 0.6 is 34.4 Å². The van der Waals surface area contributed by atoms with E-state index >= 15 is 0 Å². The Morgan fingerprint density at radius 1 is 1.19 bits per heavy atom. The molecule has 2 aromatic heterocycles. The Morgan fingerprint density at radius 3 is 2.78 bits per heavy atom. The van der Waals surface area contributed by atoms with Gasteiger partial charge in [-0.3, -0.25) is 14.4 Å². The summed E-state index contributed by atoms with van der Waals surface area (Å²) in [5.74, 6) is -0.841. The topological polar surface area (TPSA) is 117 Å². The van der Waals surface area contributed by atoms with Crippen LogP contribution in [0.4, 0.5) is 16.0 Å². The zero-order valence-electron chi connectivity index (χ0n) is 17.3. The third kappa shape index (κ3) is 5.31. The Hall–Kier alpha value is -2.83. The first-order valence-electron chi connectivity index (χ1n) is 9.73. The fourth-order valence-corrected chi connectivity index (χ4v) is 5.22. The van der Waals surface area contributed by atoms with Crippen LogP contribution in [0.25, 0.3) is 0 Å². The highest BCUT2D eigenvalue weighted by Gasteiger charge is 2.35. The van der Waals surface area contributed by atoms with E-state index in [0.717, 1.165) is 16.8 Å². The van der Waals surface area contributed by atoms with Gasteiger partial charge in [0.15, 0.2) is 9.47 Å². The molecule has 166 valence electrons. The van der Waals surface area contributed by atoms with E-state index in [-0.39, 0.29) is 29.9 Å². The summed E-state index contributed by atoms with van der Waals surface area (Å²) in [4.78, 5) is 42.8. The molecule has 12 heteroatoms. The molecule has 2 N–H and O–H groups in total. The minimum atomic E-state index is -0.465. The number of anilines is 3. The predicted octanol–water partition coefficient (Wildman–Crippen LogP) is 3.33. The van der Waals surface area contributed by atoms with E-state index in [0.29, 0.717) is 21.1 Å². The highest BCUT2D eigenvalue weighted by atomic mass is 32.2. The SMILES string of the molecule is Cc1ccc(N2C[C@@H](C(=O)Nc3nnc(SCC(=O)Nc4nccs4)s3)CC2=O)cc1C. The summed E-state index contributed by atoms with van der Waals surface area (Å²) in [6.07, 6.45) is 1.77. The molecule has 1 saturated heterocycles. The van der Waals surface area contributed by atoms with Crippen molar-refractivity contribution in [3.63, 3.8) is 0 Å². The maximum Gasteiger partial charge on any atom is 0.236 e. The van der Waals surface area contributed by atoms with E-state index < -0.39 is 5.92 Å². The lowest BCUT2D eigenvalue weighted by Crippen LogP contribution is -2.28. The maximum absolute atomic E-state index is 12.7. The van der Waals surface area contributed by atoms with Gasteiger partial charge in [-0.05, 0) is 37.1 Å². The van der Waals surface area contributed by atoms with Gasteiger partial charge >= 0.3 is 0 Å². The van der Waals surface area contributed by atoms with Gasteiger partial charge in [0.25, 0.3) is 0 Å². The summed E-state index contributed by atoms with van der Waals surface area (Å²) < 4.78 is 0.564. The van der Waals surface area contributed by atoms with Crippen molar-refractivity contribution >= 4 is 68.1 Å². The zero-order chi connectivity index (χ0) is 22.7. The van der Waals surface area contributed by atoms with Gasteiger partial charge in [0.2, 0.25) is 22.9 Å². The Bertz CT molecular complexity index is 1150. The molecule has 0 unspecified atom stereocenters. The Balaban J connectivity index is 1.29. The van der Waals surface area contributed by atoms with E-state index in [2.05, 4.69) is 25.8 Å². The first-order chi connectivity index (χ1) is 15.4. The van der Waals surface area contributed by atoms with Gasteiger partial charge in [0.05, 0.1) is 11.7 Å². The summed E-state index contributed by atoms with van der Waals surface area (Å²) in [6, 6.07) is 5.84. The van der Waals surface area contributed by atoms with Crippen LogP contribution in [0.5, 0.6) is 0 Å². The summed E-state index contributed by atoms with van der Waals surface area (Å²) in [5, 5.41) is 16.1. The molecule has 1 aliphatic heterocycles. The Kier molecular flexibility index (Phi) is 6.82. The van der Waals surface area contributed by atoms with E-state index in [1.54, 1.807) is 16.5 Å². The number of hydrogen-bond acceptors (Lipinski definition) is 9. The van der Waals surface area contributed by atoms with Gasteiger partial charge in [0, 0.05) is 30.2 Å². The molecule has 32 heavy (non-hydrogen) atoms. The van der Waals surface area contributed by atoms with Crippen LogP contribution in [-0.4, -0.2) is 45.2 Å². The molecule has 3 aromatic rings. The van der Waals surface area contributed by atoms with Crippen molar-refractivity contribution in [3.05, 3.63) is 40.9 Å². The highest BCUT2D eigenvalue weighted by molar-refractivity contribution is 8.01. The maximum atomic E-state index is 12.7. The van der Waals surface area contributed by atoms with Crippen molar-refractivity contribution in [3.8, 4) is 0 Å². The van der Waals surface area contributed by atoms with E-state index in [1.165, 1.54) is 34.4 Å². The van der Waals surface area contributed by atoms with Crippen molar-refractivity contribution in [1.29, 1.82) is 0 Å². The van der Waals surface area contributed by atoms with Gasteiger partial charge in [-0.1, -0.05) is 29.2 Å². The number of rotatable bonds is 7. The molecule has 0 spiro atoms. The van der Waals surface area contributed by atoms with Crippen molar-refractivity contribution in [2.24, 2.45) is 5.92 Å². The van der Waals surface area contributed by atoms with E-state index in [1.807, 2.05) is 32.0 Å². The largest absolute Gasteiger partial charge is 0.312 e. The molecule has 0 bridgehead atoms. The molecule has 1 atom stereocenters. The van der Waals surface area contributed by atoms with Crippen LogP contribution < -0.4 is 15.5 Å². The number of amides is 3. The lowest BCUT2D eigenvalue weighted by atomic mass is 10.1. The van der Waals surface area contributed by atoms with Gasteiger partial charge in [-0.15, -0.1) is 21.5 Å². The first-order valence-corrected chi connectivity index (χ1v) is 12.4. The quantitative estimate of drug-likeness (QED) is 0.387. The van der Waals surface area contributed by atoms with Crippen molar-refractivity contribution < 1.29 is 14.4 Å². The van der Waals surface area contributed by atoms with Crippen molar-refractivity contribution in [1.82, 2.24) is 15.2 Å². The average molecular weight is 489 g/mol. The van der Waals surface area contributed by atoms with Crippen LogP contribution in [0.1, 0.15) is 17.5 Å². The number of nitrogens with zero attached hydrogens (tertiary/aromatic N) is 4. The number of nitrogens with one attached hydrogen (secondary N) is 2. The molecule has 4 rings (SSSR count). The van der Waals surface area contributed by atoms with E-state index in [9.17, 15) is 14.4 Å². The molecule has 9 nitrogen and oxygen atoms in total. The molecule has 0 saturated carbocycles. The first kappa shape index (κ1) is 22.4. The van der Waals surface area contributed by atoms with Gasteiger partial charge in [-0.25, -0.2) is 4.98 Å². The average Bonchev–Trinajstić information content (AvgIpc) is 3.50. The summed E-state index contributed by atoms with van der Waals surface area (Å²) in [7, 11) is 0. The molecule has 1 aromatic carbocycles. The van der Waals surface area contributed by atoms with Crippen molar-refractivity contribution in [2.45, 2.75) is 24.6 Å². The number of hydrogen-bond donors (Lipinski definition) is 2. The van der Waals surface area contributed by atoms with Crippen LogP contribution in [-0.2, 0) is 14.4 Å². The molecular formula is C20H20N6O3S3. The number of thioether (sulfide) groups is 1. The van der Waals surface area contributed by atoms with Crippen LogP contribution in [0.2, 0.25) is 0 Å². The molecule has 0 aliphatic carbocycles. The fraction of sp³-hybridized carbons (Fsp3) is 0.300. The third-order valence-corrected chi connectivity index (χ3v) is 7.60. The minimum absolute atomic E-state index is 0.0758. The standard InChI is InChI=1S/C20H20N6O3S3/c1-11-3-4-14(7-12(11)2)26-9-13(8-16(26)28)17(29)23-19-24-25-20(32-19)31-10-15(27)22-18-21-5-6-30-18/h3-7,13H,8-10H2,1-2H3,(H,21,22,27)(H,23,24,29)/t13-/m0/s1. The number of aryl methyl sites for hydroxylation is 2. The van der Waals surface area contributed by atoms with Crippen LogP contribution in [0.3, 0.4) is 0 Å². The molecule has 1 fully saturated rings. The molecule has 3 amide bonds. The monoisotopic (exact) mass is 488 g/mol. The second kappa shape index (κ2) is 9.76. The van der Waals surface area contributed by atoms with Gasteiger partial charge in [0.1, 0.15) is 0 Å². The van der Waals surface area contributed by atoms with Crippen LogP contribution in [0, 0.1) is 19.8 Å². The zero-order valence-corrected chi connectivity index (χ0v) is 19.8. The lowest BCUT2D eigenvalue weighted by molar-refractivity contribution is -0.122. The molecule has 1 aliphatic rings. The second-order valence-corrected chi connectivity index (χ2v) is 10.3. The fourth-order valence-electron chi connectivity index (χ4n) is 3.12. The Labute approximate surface area is 196 Å².